The zero-order valence-corrected chi connectivity index (χ0v) is 35.0. The summed E-state index contributed by atoms with van der Waals surface area (Å²) in [5.74, 6) is 0.884. The third kappa shape index (κ3) is 6.57. The minimum Gasteiger partial charge on any atom is -0.354 e. The molecular weight excluding hydrogens is 753 g/mol. The highest BCUT2D eigenvalue weighted by atomic mass is 15.1. The van der Waals surface area contributed by atoms with Gasteiger partial charge in [0.25, 0.3) is 0 Å². The third-order valence-corrected chi connectivity index (χ3v) is 12.2. The Morgan fingerprint density at radius 1 is 0.452 bits per heavy atom. The molecule has 0 amide bonds. The molecule has 0 saturated carbocycles. The summed E-state index contributed by atoms with van der Waals surface area (Å²) in [6, 6.07) is 71.7. The van der Waals surface area contributed by atoms with Crippen LogP contribution in [0.5, 0.6) is 0 Å². The fourth-order valence-corrected chi connectivity index (χ4v) is 8.97. The summed E-state index contributed by atoms with van der Waals surface area (Å²) in [7, 11) is 0. The van der Waals surface area contributed by atoms with Crippen LogP contribution in [0.4, 0.5) is 0 Å². The van der Waals surface area contributed by atoms with Crippen LogP contribution in [0.1, 0.15) is 26.3 Å². The molecule has 11 aromatic rings. The van der Waals surface area contributed by atoms with Crippen molar-refractivity contribution in [1.82, 2.24) is 19.5 Å². The van der Waals surface area contributed by atoms with Crippen molar-refractivity contribution in [3.05, 3.63) is 212 Å². The number of imidazole rings is 1. The molecule has 0 aliphatic carbocycles. The number of hydrogen-bond donors (Lipinski definition) is 1. The molecule has 0 unspecified atom stereocenters. The van der Waals surface area contributed by atoms with Crippen LogP contribution in [0.2, 0.25) is 0 Å². The lowest BCUT2D eigenvalue weighted by Crippen LogP contribution is -2.11. The van der Waals surface area contributed by atoms with E-state index in [2.05, 4.69) is 231 Å². The van der Waals surface area contributed by atoms with E-state index in [-0.39, 0.29) is 5.41 Å². The van der Waals surface area contributed by atoms with Crippen molar-refractivity contribution in [1.29, 1.82) is 0 Å². The van der Waals surface area contributed by atoms with Crippen molar-refractivity contribution in [2.75, 3.05) is 0 Å². The number of nitrogens with zero attached hydrogens (tertiary/aromatic N) is 3. The number of hydrogen-bond acceptors (Lipinski definition) is 2. The highest BCUT2D eigenvalue weighted by molar-refractivity contribution is 6.12. The standard InChI is InChI=1S/C58H44N4/c1-58(2,3)45-36-49-48-25-13-15-27-51(48)60-55(49)50(37-45)57-61-56-47(26-17-29-54(56)62(57)53-28-16-14-24-46(53)40-22-11-6-12-23-40)43-32-42(39-20-9-5-10-21-39)33-44(34-43)52-35-41(30-31-59-52)38-18-7-4-8-19-38/h4-37,60H,1-3H3. The minimum absolute atomic E-state index is 0.106. The van der Waals surface area contributed by atoms with Gasteiger partial charge in [0.1, 0.15) is 5.82 Å². The number of H-pyrrole nitrogens is 1. The molecule has 0 spiro atoms. The Bertz CT molecular complexity index is 3430. The number of aromatic nitrogens is 4. The Labute approximate surface area is 361 Å². The van der Waals surface area contributed by atoms with Gasteiger partial charge in [0.2, 0.25) is 0 Å². The van der Waals surface area contributed by atoms with E-state index in [1.807, 2.05) is 6.20 Å². The molecule has 4 heteroatoms. The predicted molar refractivity (Wildman–Crippen MR) is 260 cm³/mol. The van der Waals surface area contributed by atoms with Crippen molar-refractivity contribution in [3.8, 4) is 72.8 Å². The highest BCUT2D eigenvalue weighted by Gasteiger charge is 2.25. The van der Waals surface area contributed by atoms with E-state index in [4.69, 9.17) is 9.97 Å². The highest BCUT2D eigenvalue weighted by Crippen LogP contribution is 2.43. The van der Waals surface area contributed by atoms with Crippen molar-refractivity contribution >= 4 is 32.8 Å². The summed E-state index contributed by atoms with van der Waals surface area (Å²) in [6.45, 7) is 6.88. The molecule has 4 nitrogen and oxygen atoms in total. The minimum atomic E-state index is -0.106. The van der Waals surface area contributed by atoms with Crippen LogP contribution in [0.15, 0.2) is 206 Å². The van der Waals surface area contributed by atoms with Crippen molar-refractivity contribution in [3.63, 3.8) is 0 Å². The summed E-state index contributed by atoms with van der Waals surface area (Å²) in [5.41, 5.74) is 18.4. The maximum Gasteiger partial charge on any atom is 0.147 e. The average Bonchev–Trinajstić information content (AvgIpc) is 3.91. The lowest BCUT2D eigenvalue weighted by atomic mass is 9.85. The normalized spacial score (nSPS) is 11.8. The summed E-state index contributed by atoms with van der Waals surface area (Å²) >= 11 is 0. The van der Waals surface area contributed by atoms with Crippen LogP contribution in [-0.2, 0) is 5.41 Å². The first-order valence-electron chi connectivity index (χ1n) is 21.3. The number of pyridine rings is 1. The largest absolute Gasteiger partial charge is 0.354 e. The van der Waals surface area contributed by atoms with Gasteiger partial charge in [0.05, 0.1) is 27.9 Å². The molecule has 62 heavy (non-hydrogen) atoms. The maximum absolute atomic E-state index is 5.80. The number of fused-ring (bicyclic) bond motifs is 4. The SMILES string of the molecule is CC(C)(C)c1cc(-c2nc3c(-c4cc(-c5ccccc5)cc(-c5cc(-c6ccccc6)ccn5)c4)cccc3n2-c2ccccc2-c2ccccc2)c2[nH]c3ccccc3c2c1. The summed E-state index contributed by atoms with van der Waals surface area (Å²) in [6.07, 6.45) is 1.92. The van der Waals surface area contributed by atoms with Crippen LogP contribution in [0, 0.1) is 0 Å². The lowest BCUT2D eigenvalue weighted by molar-refractivity contribution is 0.591. The molecule has 0 fully saturated rings. The monoisotopic (exact) mass is 796 g/mol. The molecule has 0 aliphatic rings. The molecule has 0 atom stereocenters. The number of benzene rings is 8. The van der Waals surface area contributed by atoms with Gasteiger partial charge >= 0.3 is 0 Å². The fourth-order valence-electron chi connectivity index (χ4n) is 8.97. The van der Waals surface area contributed by atoms with Crippen molar-refractivity contribution in [2.24, 2.45) is 0 Å². The molecule has 0 radical (unpaired) electrons. The van der Waals surface area contributed by atoms with Crippen LogP contribution in [-0.4, -0.2) is 19.5 Å². The van der Waals surface area contributed by atoms with E-state index in [0.717, 1.165) is 94.9 Å². The second-order valence-corrected chi connectivity index (χ2v) is 17.2. The van der Waals surface area contributed by atoms with E-state index in [1.54, 1.807) is 0 Å². The van der Waals surface area contributed by atoms with Gasteiger partial charge in [-0.3, -0.25) is 9.55 Å². The van der Waals surface area contributed by atoms with Gasteiger partial charge < -0.3 is 4.98 Å². The molecule has 0 bridgehead atoms. The molecule has 0 saturated heterocycles. The summed E-state index contributed by atoms with van der Waals surface area (Å²) in [5, 5.41) is 2.40. The molecule has 296 valence electrons. The van der Waals surface area contributed by atoms with Crippen LogP contribution in [0.25, 0.3) is 106 Å². The summed E-state index contributed by atoms with van der Waals surface area (Å²) < 4.78 is 2.39. The van der Waals surface area contributed by atoms with Gasteiger partial charge in [-0.2, -0.15) is 0 Å². The first kappa shape index (κ1) is 37.2. The molecule has 11 rings (SSSR count). The molecule has 8 aromatic carbocycles. The zero-order chi connectivity index (χ0) is 41.8. The fraction of sp³-hybridized carbons (Fsp3) is 0.0690. The number of aromatic amines is 1. The van der Waals surface area contributed by atoms with E-state index >= 15 is 0 Å². The van der Waals surface area contributed by atoms with E-state index in [0.29, 0.717) is 0 Å². The van der Waals surface area contributed by atoms with E-state index in [9.17, 15) is 0 Å². The predicted octanol–water partition coefficient (Wildman–Crippen LogP) is 15.4. The molecule has 1 N–H and O–H groups in total. The van der Waals surface area contributed by atoms with Gasteiger partial charge in [-0.15, -0.1) is 0 Å². The zero-order valence-electron chi connectivity index (χ0n) is 35.0. The van der Waals surface area contributed by atoms with Crippen LogP contribution < -0.4 is 0 Å². The number of nitrogens with one attached hydrogen (secondary N) is 1. The van der Waals surface area contributed by atoms with Crippen molar-refractivity contribution in [2.45, 2.75) is 26.2 Å². The van der Waals surface area contributed by atoms with Gasteiger partial charge in [0, 0.05) is 44.7 Å². The van der Waals surface area contributed by atoms with E-state index in [1.165, 1.54) is 16.3 Å². The lowest BCUT2D eigenvalue weighted by Gasteiger charge is -2.21. The Balaban J connectivity index is 1.21. The smallest absolute Gasteiger partial charge is 0.147 e. The first-order valence-corrected chi connectivity index (χ1v) is 21.3. The quantitative estimate of drug-likeness (QED) is 0.175. The number of rotatable bonds is 7. The van der Waals surface area contributed by atoms with Crippen LogP contribution >= 0.6 is 0 Å². The first-order chi connectivity index (χ1) is 30.4. The summed E-state index contributed by atoms with van der Waals surface area (Å²) in [4.78, 5) is 14.6. The maximum atomic E-state index is 5.80. The molecular formula is C58H44N4. The Morgan fingerprint density at radius 3 is 1.84 bits per heavy atom. The number of para-hydroxylation sites is 3. The molecule has 3 aromatic heterocycles. The second-order valence-electron chi connectivity index (χ2n) is 17.2. The van der Waals surface area contributed by atoms with Crippen molar-refractivity contribution < 1.29 is 0 Å². The Hall–Kier alpha value is -7.82. The Morgan fingerprint density at radius 2 is 1.08 bits per heavy atom. The van der Waals surface area contributed by atoms with Gasteiger partial charge in [-0.05, 0) is 105 Å². The van der Waals surface area contributed by atoms with Gasteiger partial charge in [-0.1, -0.05) is 160 Å². The molecule has 3 heterocycles. The molecule has 0 aliphatic heterocycles. The average molecular weight is 797 g/mol. The van der Waals surface area contributed by atoms with Crippen LogP contribution in [0.3, 0.4) is 0 Å². The Kier molecular flexibility index (Phi) is 9.01. The van der Waals surface area contributed by atoms with E-state index < -0.39 is 0 Å². The second kappa shape index (κ2) is 15.0. The topological polar surface area (TPSA) is 46.5 Å². The van der Waals surface area contributed by atoms with Gasteiger partial charge in [-0.25, -0.2) is 4.98 Å². The third-order valence-electron chi connectivity index (χ3n) is 12.2. The van der Waals surface area contributed by atoms with Gasteiger partial charge in [0.15, 0.2) is 0 Å².